The molecule has 2 aromatic rings. The molecular weight excluding hydrogens is 351 g/mol. The van der Waals surface area contributed by atoms with Crippen LogP contribution in [-0.2, 0) is 13.1 Å². The van der Waals surface area contributed by atoms with Crippen LogP contribution in [0.15, 0.2) is 60.7 Å². The number of aliphatic hydroxyl groups is 1. The lowest BCUT2D eigenvalue weighted by Gasteiger charge is -2.41. The zero-order valence-corrected chi connectivity index (χ0v) is 15.7. The van der Waals surface area contributed by atoms with Gasteiger partial charge in [-0.05, 0) is 17.5 Å². The van der Waals surface area contributed by atoms with Gasteiger partial charge in [-0.3, -0.25) is 18.1 Å². The number of rotatable bonds is 11. The number of benzene rings is 2. The highest BCUT2D eigenvalue weighted by Gasteiger charge is 2.44. The van der Waals surface area contributed by atoms with Crippen molar-refractivity contribution in [3.05, 3.63) is 71.8 Å². The summed E-state index contributed by atoms with van der Waals surface area (Å²) in [4.78, 5) is 1.98. The summed E-state index contributed by atoms with van der Waals surface area (Å²) < 4.78 is 40.6. The Labute approximate surface area is 159 Å². The van der Waals surface area contributed by atoms with Gasteiger partial charge in [0.1, 0.15) is 20.0 Å². The monoisotopic (exact) mass is 379 g/mol. The first-order valence-corrected chi connectivity index (χ1v) is 9.28. The van der Waals surface area contributed by atoms with Gasteiger partial charge >= 0.3 is 0 Å². The van der Waals surface area contributed by atoms with Crippen LogP contribution in [-0.4, -0.2) is 42.2 Å². The van der Waals surface area contributed by atoms with Gasteiger partial charge in [0.25, 0.3) is 0 Å². The summed E-state index contributed by atoms with van der Waals surface area (Å²) in [5, 5.41) is 10.8. The number of hydrogen-bond donors (Lipinski definition) is 1. The van der Waals surface area contributed by atoms with Crippen LogP contribution in [0.3, 0.4) is 0 Å². The largest absolute Gasteiger partial charge is 0.391 e. The van der Waals surface area contributed by atoms with Crippen LogP contribution < -0.4 is 0 Å². The molecule has 1 N–H and O–H groups in total. The molecule has 2 nitrogen and oxygen atoms in total. The van der Waals surface area contributed by atoms with Gasteiger partial charge in [-0.2, -0.15) is 0 Å². The fourth-order valence-electron chi connectivity index (χ4n) is 3.36. The SMILES string of the molecule is CC[C@@H](C(O)C(CF)(CF)CF)N(Cc1ccccc1)Cc1ccccc1. The molecule has 2 rings (SSSR count). The van der Waals surface area contributed by atoms with Gasteiger partial charge in [-0.1, -0.05) is 67.6 Å². The minimum absolute atomic E-state index is 0.447. The van der Waals surface area contributed by atoms with Crippen molar-refractivity contribution in [2.45, 2.75) is 38.6 Å². The normalized spacial score (nSPS) is 14.3. The maximum atomic E-state index is 13.5. The maximum absolute atomic E-state index is 13.5. The van der Waals surface area contributed by atoms with E-state index >= 15 is 0 Å². The van der Waals surface area contributed by atoms with Crippen LogP contribution in [0, 0.1) is 5.41 Å². The van der Waals surface area contributed by atoms with Gasteiger partial charge in [0.05, 0.1) is 11.5 Å². The Morgan fingerprint density at radius 1 is 0.815 bits per heavy atom. The lowest BCUT2D eigenvalue weighted by atomic mass is 9.80. The fourth-order valence-corrected chi connectivity index (χ4v) is 3.36. The van der Waals surface area contributed by atoms with E-state index in [1.165, 1.54) is 0 Å². The van der Waals surface area contributed by atoms with E-state index in [1.54, 1.807) is 0 Å². The van der Waals surface area contributed by atoms with E-state index < -0.39 is 37.6 Å². The van der Waals surface area contributed by atoms with E-state index in [0.29, 0.717) is 19.5 Å². The van der Waals surface area contributed by atoms with Crippen molar-refractivity contribution in [3.63, 3.8) is 0 Å². The Balaban J connectivity index is 2.33. The fraction of sp³-hybridized carbons (Fsp3) is 0.455. The van der Waals surface area contributed by atoms with Crippen molar-refractivity contribution in [2.75, 3.05) is 20.0 Å². The molecule has 0 fully saturated rings. The van der Waals surface area contributed by atoms with Gasteiger partial charge in [-0.15, -0.1) is 0 Å². The summed E-state index contributed by atoms with van der Waals surface area (Å²) in [6.07, 6.45) is -1.00. The number of alkyl halides is 3. The van der Waals surface area contributed by atoms with E-state index in [4.69, 9.17) is 0 Å². The number of hydrogen-bond acceptors (Lipinski definition) is 2. The number of halogens is 3. The molecule has 0 spiro atoms. The average Bonchev–Trinajstić information content (AvgIpc) is 2.72. The van der Waals surface area contributed by atoms with E-state index in [2.05, 4.69) is 0 Å². The zero-order chi connectivity index (χ0) is 19.7. The van der Waals surface area contributed by atoms with E-state index in [0.717, 1.165) is 11.1 Å². The summed E-state index contributed by atoms with van der Waals surface area (Å²) in [6.45, 7) is -0.874. The highest BCUT2D eigenvalue weighted by atomic mass is 19.1. The Hall–Kier alpha value is -1.85. The third-order valence-corrected chi connectivity index (χ3v) is 5.13. The Bertz CT molecular complexity index is 599. The van der Waals surface area contributed by atoms with Crippen LogP contribution in [0.1, 0.15) is 24.5 Å². The lowest BCUT2D eigenvalue weighted by Crippen LogP contribution is -2.54. The molecule has 2 atom stereocenters. The molecule has 1 unspecified atom stereocenters. The molecule has 2 aromatic carbocycles. The third-order valence-electron chi connectivity index (χ3n) is 5.13. The van der Waals surface area contributed by atoms with Gasteiger partial charge in [-0.25, -0.2) is 0 Å². The Morgan fingerprint density at radius 2 is 1.22 bits per heavy atom. The molecular formula is C22H28F3NO. The molecule has 0 aliphatic heterocycles. The highest BCUT2D eigenvalue weighted by molar-refractivity contribution is 5.17. The second kappa shape index (κ2) is 10.5. The second-order valence-corrected chi connectivity index (χ2v) is 7.06. The standard InChI is InChI=1S/C22H28F3NO/c1-2-20(21(27)22(15-23,16-24)17-25)26(13-18-9-5-3-6-10-18)14-19-11-7-4-8-12-19/h3-12,20-21,27H,2,13-17H2,1H3/t20-,21?/m0/s1. The quantitative estimate of drug-likeness (QED) is 0.610. The molecule has 0 heterocycles. The van der Waals surface area contributed by atoms with Crippen LogP contribution in [0.4, 0.5) is 13.2 Å². The van der Waals surface area contributed by atoms with Crippen molar-refractivity contribution < 1.29 is 18.3 Å². The van der Waals surface area contributed by atoms with E-state index in [1.807, 2.05) is 72.5 Å². The van der Waals surface area contributed by atoms with Crippen molar-refractivity contribution in [1.29, 1.82) is 0 Å². The Morgan fingerprint density at radius 3 is 1.56 bits per heavy atom. The predicted octanol–water partition coefficient (Wildman–Crippen LogP) is 4.72. The first-order valence-electron chi connectivity index (χ1n) is 9.28. The van der Waals surface area contributed by atoms with Gasteiger partial charge in [0, 0.05) is 19.1 Å². The van der Waals surface area contributed by atoms with Crippen molar-refractivity contribution in [3.8, 4) is 0 Å². The Kier molecular flexibility index (Phi) is 8.32. The molecule has 27 heavy (non-hydrogen) atoms. The molecule has 0 bridgehead atoms. The van der Waals surface area contributed by atoms with Crippen molar-refractivity contribution in [1.82, 2.24) is 4.90 Å². The third kappa shape index (κ3) is 5.33. The van der Waals surface area contributed by atoms with Crippen molar-refractivity contribution in [2.24, 2.45) is 5.41 Å². The smallest absolute Gasteiger partial charge is 0.103 e. The van der Waals surface area contributed by atoms with Crippen molar-refractivity contribution >= 4 is 0 Å². The van der Waals surface area contributed by atoms with Gasteiger partial charge < -0.3 is 5.11 Å². The van der Waals surface area contributed by atoms with Crippen LogP contribution in [0.5, 0.6) is 0 Å². The summed E-state index contributed by atoms with van der Waals surface area (Å²) in [5.74, 6) is 0. The lowest BCUT2D eigenvalue weighted by molar-refractivity contribution is -0.0805. The number of nitrogens with zero attached hydrogens (tertiary/aromatic N) is 1. The minimum Gasteiger partial charge on any atom is -0.391 e. The summed E-state index contributed by atoms with van der Waals surface area (Å²) >= 11 is 0. The topological polar surface area (TPSA) is 23.5 Å². The maximum Gasteiger partial charge on any atom is 0.103 e. The molecule has 0 saturated carbocycles. The molecule has 0 aromatic heterocycles. The number of aliphatic hydroxyl groups excluding tert-OH is 1. The molecule has 0 radical (unpaired) electrons. The zero-order valence-electron chi connectivity index (χ0n) is 15.7. The van der Waals surface area contributed by atoms with Crippen LogP contribution >= 0.6 is 0 Å². The molecule has 148 valence electrons. The first-order chi connectivity index (χ1) is 13.1. The van der Waals surface area contributed by atoms with E-state index in [9.17, 15) is 18.3 Å². The van der Waals surface area contributed by atoms with Gasteiger partial charge in [0.2, 0.25) is 0 Å². The van der Waals surface area contributed by atoms with Gasteiger partial charge in [0.15, 0.2) is 0 Å². The van der Waals surface area contributed by atoms with Crippen LogP contribution in [0.2, 0.25) is 0 Å². The molecule has 0 saturated heterocycles. The van der Waals surface area contributed by atoms with E-state index in [-0.39, 0.29) is 0 Å². The highest BCUT2D eigenvalue weighted by Crippen LogP contribution is 2.31. The molecule has 5 heteroatoms. The summed E-state index contributed by atoms with van der Waals surface area (Å²) in [7, 11) is 0. The summed E-state index contributed by atoms with van der Waals surface area (Å²) in [5.41, 5.74) is 0.0302. The molecule has 0 aliphatic carbocycles. The predicted molar refractivity (Wildman–Crippen MR) is 103 cm³/mol. The first kappa shape index (κ1) is 21.5. The van der Waals surface area contributed by atoms with Crippen LogP contribution in [0.25, 0.3) is 0 Å². The average molecular weight is 379 g/mol. The summed E-state index contributed by atoms with van der Waals surface area (Å²) in [6, 6.07) is 18.8. The molecule has 0 aliphatic rings. The minimum atomic E-state index is -2.01. The molecule has 0 amide bonds. The second-order valence-electron chi connectivity index (χ2n) is 7.06.